The molecule has 0 saturated heterocycles. The van der Waals surface area contributed by atoms with Gasteiger partial charge in [-0.05, 0) is 121 Å². The SMILES string of the molecule is CC1(C)c2ccccc2-c2ccc(N(c3ccc(-c4ccccc4)cc3)c3ccccc3-c3ccc4oc5ccccc5c4c3-c3cc4ccccc4c4ccccc34)cc21. The Morgan fingerprint density at radius 1 is 0.377 bits per heavy atom. The lowest BCUT2D eigenvalue weighted by Gasteiger charge is -2.30. The Hall–Kier alpha value is -7.68. The van der Waals surface area contributed by atoms with Crippen LogP contribution in [0.2, 0.25) is 0 Å². The maximum atomic E-state index is 6.65. The maximum Gasteiger partial charge on any atom is 0.136 e. The number of furan rings is 1. The van der Waals surface area contributed by atoms with Crippen molar-refractivity contribution in [1.29, 1.82) is 0 Å². The third-order valence-electron chi connectivity index (χ3n) is 13.1. The van der Waals surface area contributed by atoms with Gasteiger partial charge in [-0.25, -0.2) is 0 Å². The monoisotopic (exact) mass is 779 g/mol. The van der Waals surface area contributed by atoms with E-state index in [1.54, 1.807) is 0 Å². The molecule has 0 bridgehead atoms. The molecule has 1 aromatic heterocycles. The van der Waals surface area contributed by atoms with Gasteiger partial charge in [-0.3, -0.25) is 0 Å². The first-order valence-electron chi connectivity index (χ1n) is 21.2. The van der Waals surface area contributed by atoms with Crippen LogP contribution in [0.15, 0.2) is 217 Å². The van der Waals surface area contributed by atoms with Crippen molar-refractivity contribution in [3.63, 3.8) is 0 Å². The zero-order valence-electron chi connectivity index (χ0n) is 34.1. The average Bonchev–Trinajstić information content (AvgIpc) is 3.81. The molecule has 0 atom stereocenters. The van der Waals surface area contributed by atoms with Crippen LogP contribution >= 0.6 is 0 Å². The Morgan fingerprint density at radius 3 is 1.82 bits per heavy atom. The molecule has 2 heteroatoms. The predicted octanol–water partition coefficient (Wildman–Crippen LogP) is 16.7. The number of hydrogen-bond donors (Lipinski definition) is 0. The van der Waals surface area contributed by atoms with Crippen molar-refractivity contribution in [3.8, 4) is 44.5 Å². The van der Waals surface area contributed by atoms with E-state index in [9.17, 15) is 0 Å². The highest BCUT2D eigenvalue weighted by atomic mass is 16.3. The number of nitrogens with zero attached hydrogens (tertiary/aromatic N) is 1. The highest BCUT2D eigenvalue weighted by molar-refractivity contribution is 6.22. The quantitative estimate of drug-likeness (QED) is 0.156. The summed E-state index contributed by atoms with van der Waals surface area (Å²) >= 11 is 0. The van der Waals surface area contributed by atoms with Gasteiger partial charge in [0.1, 0.15) is 11.2 Å². The first-order chi connectivity index (χ1) is 30.0. The largest absolute Gasteiger partial charge is 0.456 e. The highest BCUT2D eigenvalue weighted by Crippen LogP contribution is 2.53. The fourth-order valence-corrected chi connectivity index (χ4v) is 10.2. The molecular formula is C59H41NO. The van der Waals surface area contributed by atoms with Gasteiger partial charge < -0.3 is 9.32 Å². The summed E-state index contributed by atoms with van der Waals surface area (Å²) in [7, 11) is 0. The van der Waals surface area contributed by atoms with Crippen molar-refractivity contribution < 1.29 is 4.42 Å². The van der Waals surface area contributed by atoms with Gasteiger partial charge in [-0.1, -0.05) is 172 Å². The summed E-state index contributed by atoms with van der Waals surface area (Å²) < 4.78 is 6.65. The van der Waals surface area contributed by atoms with Gasteiger partial charge in [0, 0.05) is 38.7 Å². The molecule has 61 heavy (non-hydrogen) atoms. The molecule has 0 unspecified atom stereocenters. The van der Waals surface area contributed by atoms with E-state index in [1.165, 1.54) is 66.1 Å². The van der Waals surface area contributed by atoms with Crippen molar-refractivity contribution in [2.24, 2.45) is 0 Å². The van der Waals surface area contributed by atoms with Crippen LogP contribution in [0, 0.1) is 0 Å². The van der Waals surface area contributed by atoms with E-state index < -0.39 is 0 Å². The molecule has 11 aromatic rings. The minimum atomic E-state index is -0.151. The van der Waals surface area contributed by atoms with Gasteiger partial charge in [0.05, 0.1) is 5.69 Å². The van der Waals surface area contributed by atoms with Crippen molar-refractivity contribution in [1.82, 2.24) is 0 Å². The third kappa shape index (κ3) is 5.49. The van der Waals surface area contributed by atoms with E-state index in [0.717, 1.165) is 50.1 Å². The normalized spacial score (nSPS) is 12.9. The van der Waals surface area contributed by atoms with Gasteiger partial charge >= 0.3 is 0 Å². The van der Waals surface area contributed by atoms with E-state index >= 15 is 0 Å². The molecule has 0 spiro atoms. The Morgan fingerprint density at radius 2 is 0.984 bits per heavy atom. The number of anilines is 3. The number of fused-ring (bicyclic) bond motifs is 9. The van der Waals surface area contributed by atoms with Crippen LogP contribution in [0.4, 0.5) is 17.1 Å². The molecule has 0 fully saturated rings. The van der Waals surface area contributed by atoms with Crippen LogP contribution < -0.4 is 4.90 Å². The van der Waals surface area contributed by atoms with E-state index in [1.807, 2.05) is 0 Å². The zero-order chi connectivity index (χ0) is 40.7. The van der Waals surface area contributed by atoms with Crippen molar-refractivity contribution in [3.05, 3.63) is 223 Å². The lowest BCUT2D eigenvalue weighted by Crippen LogP contribution is -2.17. The molecule has 0 saturated carbocycles. The first-order valence-corrected chi connectivity index (χ1v) is 21.2. The standard InChI is InChI=1S/C59H41NO/c1-59(2)52-25-13-10-22-46(52)47-33-32-42(37-53(47)59)60(41-30-28-39(29-31-41)38-16-4-3-5-17-38)54-26-14-11-23-48(54)49-34-35-56-58(50-24-12-15-27-55(50)61-56)57(49)51-36-40-18-6-7-19-43(40)44-20-8-9-21-45(44)51/h3-37H,1-2H3. The molecule has 12 rings (SSSR count). The third-order valence-corrected chi connectivity index (χ3v) is 13.1. The van der Waals surface area contributed by atoms with Crippen molar-refractivity contribution in [2.75, 3.05) is 4.90 Å². The Kier molecular flexibility index (Phi) is 7.92. The number of para-hydroxylation sites is 2. The molecule has 0 amide bonds. The molecule has 0 N–H and O–H groups in total. The van der Waals surface area contributed by atoms with Gasteiger partial charge in [-0.2, -0.15) is 0 Å². The molecule has 1 aliphatic rings. The minimum Gasteiger partial charge on any atom is -0.456 e. The van der Waals surface area contributed by atoms with Crippen LogP contribution in [0.1, 0.15) is 25.0 Å². The maximum absolute atomic E-state index is 6.65. The lowest BCUT2D eigenvalue weighted by atomic mass is 9.82. The minimum absolute atomic E-state index is 0.151. The number of hydrogen-bond acceptors (Lipinski definition) is 2. The summed E-state index contributed by atoms with van der Waals surface area (Å²) in [5.74, 6) is 0. The van der Waals surface area contributed by atoms with Crippen LogP contribution in [0.3, 0.4) is 0 Å². The summed E-state index contributed by atoms with van der Waals surface area (Å²) in [4.78, 5) is 2.46. The lowest BCUT2D eigenvalue weighted by molar-refractivity contribution is 0.660. The van der Waals surface area contributed by atoms with E-state index in [4.69, 9.17) is 4.42 Å². The molecule has 1 aliphatic carbocycles. The molecule has 288 valence electrons. The second-order valence-corrected chi connectivity index (χ2v) is 16.8. The van der Waals surface area contributed by atoms with Crippen LogP contribution in [-0.4, -0.2) is 0 Å². The fourth-order valence-electron chi connectivity index (χ4n) is 10.2. The summed E-state index contributed by atoms with van der Waals surface area (Å²) in [6, 6.07) is 77.5. The Labute approximate surface area is 355 Å². The van der Waals surface area contributed by atoms with E-state index in [-0.39, 0.29) is 5.41 Å². The molecule has 0 aliphatic heterocycles. The van der Waals surface area contributed by atoms with Crippen molar-refractivity contribution in [2.45, 2.75) is 19.3 Å². The summed E-state index contributed by atoms with van der Waals surface area (Å²) in [6.45, 7) is 4.72. The Balaban J connectivity index is 1.14. The van der Waals surface area contributed by atoms with Gasteiger partial charge in [0.15, 0.2) is 0 Å². The van der Waals surface area contributed by atoms with Crippen LogP contribution in [-0.2, 0) is 5.41 Å². The summed E-state index contributed by atoms with van der Waals surface area (Å²) in [6.07, 6.45) is 0. The van der Waals surface area contributed by atoms with E-state index in [2.05, 4.69) is 231 Å². The fraction of sp³-hybridized carbons (Fsp3) is 0.0508. The molecule has 2 nitrogen and oxygen atoms in total. The second kappa shape index (κ2) is 13.7. The van der Waals surface area contributed by atoms with Crippen molar-refractivity contribution >= 4 is 60.5 Å². The highest BCUT2D eigenvalue weighted by Gasteiger charge is 2.36. The molecule has 0 radical (unpaired) electrons. The van der Waals surface area contributed by atoms with Crippen LogP contribution in [0.25, 0.3) is 88.0 Å². The number of benzene rings is 10. The molecular weight excluding hydrogens is 739 g/mol. The topological polar surface area (TPSA) is 16.4 Å². The Bertz CT molecular complexity index is 3500. The van der Waals surface area contributed by atoms with E-state index in [0.29, 0.717) is 0 Å². The summed E-state index contributed by atoms with van der Waals surface area (Å²) in [5, 5.41) is 7.15. The van der Waals surface area contributed by atoms with Crippen LogP contribution in [0.5, 0.6) is 0 Å². The number of rotatable bonds is 6. The van der Waals surface area contributed by atoms with Gasteiger partial charge in [0.2, 0.25) is 0 Å². The zero-order valence-corrected chi connectivity index (χ0v) is 34.1. The molecule has 10 aromatic carbocycles. The average molecular weight is 780 g/mol. The first kappa shape index (κ1) is 35.3. The second-order valence-electron chi connectivity index (χ2n) is 16.8. The predicted molar refractivity (Wildman–Crippen MR) is 257 cm³/mol. The summed E-state index contributed by atoms with van der Waals surface area (Å²) in [5.41, 5.74) is 17.3. The smallest absolute Gasteiger partial charge is 0.136 e. The van der Waals surface area contributed by atoms with Gasteiger partial charge in [-0.15, -0.1) is 0 Å². The molecule has 1 heterocycles. The van der Waals surface area contributed by atoms with Gasteiger partial charge in [0.25, 0.3) is 0 Å².